The number of rotatable bonds is 8. The van der Waals surface area contributed by atoms with Crippen LogP contribution in [-0.2, 0) is 27.2 Å². The summed E-state index contributed by atoms with van der Waals surface area (Å²) < 4.78 is 16.7. The Bertz CT molecular complexity index is 1480. The number of nitrogens with zero attached hydrogens (tertiary/aromatic N) is 1. The van der Waals surface area contributed by atoms with Gasteiger partial charge in [0.1, 0.15) is 5.00 Å². The summed E-state index contributed by atoms with van der Waals surface area (Å²) in [5.41, 5.74) is 4.24. The van der Waals surface area contributed by atoms with Crippen molar-refractivity contribution < 1.29 is 33.4 Å². The molecule has 0 unspecified atom stereocenters. The van der Waals surface area contributed by atoms with Gasteiger partial charge in [0.15, 0.2) is 11.5 Å². The fraction of sp³-hybridized carbons (Fsp3) is 0.250. The molecule has 0 radical (unpaired) electrons. The molecule has 0 spiro atoms. The number of carbonyl (C=O) groups is 4. The van der Waals surface area contributed by atoms with Crippen LogP contribution < -0.4 is 20.2 Å². The van der Waals surface area contributed by atoms with E-state index in [4.69, 9.17) is 14.2 Å². The maximum Gasteiger partial charge on any atom is 0.343 e. The number of esters is 2. The maximum atomic E-state index is 12.6. The number of amides is 2. The van der Waals surface area contributed by atoms with Crippen LogP contribution in [0.25, 0.3) is 0 Å². The van der Waals surface area contributed by atoms with Crippen LogP contribution in [0.15, 0.2) is 52.0 Å². The summed E-state index contributed by atoms with van der Waals surface area (Å²) >= 11 is 4.61. The number of methoxy groups -OCH3 is 1. The molecule has 0 aliphatic heterocycles. The summed E-state index contributed by atoms with van der Waals surface area (Å²) in [6.07, 6.45) is 4.78. The van der Waals surface area contributed by atoms with Crippen LogP contribution in [-0.4, -0.2) is 43.7 Å². The van der Waals surface area contributed by atoms with Gasteiger partial charge in [-0.15, -0.1) is 11.3 Å². The van der Waals surface area contributed by atoms with Crippen LogP contribution in [0.3, 0.4) is 0 Å². The minimum atomic E-state index is -1.01. The number of anilines is 1. The Morgan fingerprint density at radius 1 is 1.02 bits per heavy atom. The lowest BCUT2D eigenvalue weighted by Crippen LogP contribution is -2.32. The zero-order valence-corrected chi connectivity index (χ0v) is 24.1. The lowest BCUT2D eigenvalue weighted by molar-refractivity contribution is -0.136. The van der Waals surface area contributed by atoms with Gasteiger partial charge in [0.25, 0.3) is 0 Å². The van der Waals surface area contributed by atoms with Crippen molar-refractivity contribution in [3.63, 3.8) is 0 Å². The minimum Gasteiger partial charge on any atom is -0.493 e. The highest BCUT2D eigenvalue weighted by Gasteiger charge is 2.28. The van der Waals surface area contributed by atoms with Crippen molar-refractivity contribution in [1.29, 1.82) is 0 Å². The molecule has 2 aromatic carbocycles. The molecular weight excluding hydrogens is 602 g/mol. The number of halogens is 1. The zero-order chi connectivity index (χ0) is 28.6. The number of thiophene rings is 1. The third-order valence-electron chi connectivity index (χ3n) is 5.91. The van der Waals surface area contributed by atoms with E-state index < -0.39 is 23.8 Å². The molecule has 0 fully saturated rings. The predicted molar refractivity (Wildman–Crippen MR) is 153 cm³/mol. The molecule has 2 amide bonds. The van der Waals surface area contributed by atoms with Crippen LogP contribution in [0.4, 0.5) is 5.00 Å². The van der Waals surface area contributed by atoms with Crippen LogP contribution in [0.1, 0.15) is 56.5 Å². The van der Waals surface area contributed by atoms with Gasteiger partial charge in [0.2, 0.25) is 0 Å². The average Bonchev–Trinajstić information content (AvgIpc) is 3.31. The molecule has 208 valence electrons. The molecule has 0 saturated carbocycles. The maximum absolute atomic E-state index is 12.6. The van der Waals surface area contributed by atoms with E-state index in [1.54, 1.807) is 43.3 Å². The van der Waals surface area contributed by atoms with Gasteiger partial charge < -0.3 is 19.5 Å². The van der Waals surface area contributed by atoms with Gasteiger partial charge in [-0.25, -0.2) is 15.0 Å². The van der Waals surface area contributed by atoms with Crippen molar-refractivity contribution in [2.45, 2.75) is 32.6 Å². The van der Waals surface area contributed by atoms with Crippen LogP contribution in [0, 0.1) is 0 Å². The fourth-order valence-electron chi connectivity index (χ4n) is 4.07. The van der Waals surface area contributed by atoms with Crippen LogP contribution in [0.2, 0.25) is 0 Å². The molecule has 1 aliphatic carbocycles. The highest BCUT2D eigenvalue weighted by molar-refractivity contribution is 9.10. The summed E-state index contributed by atoms with van der Waals surface area (Å²) in [5.74, 6) is -2.58. The van der Waals surface area contributed by atoms with E-state index in [0.29, 0.717) is 21.7 Å². The average molecular weight is 629 g/mol. The quantitative estimate of drug-likeness (QED) is 0.120. The van der Waals surface area contributed by atoms with Gasteiger partial charge in [0.05, 0.1) is 31.1 Å². The number of aryl methyl sites for hydroxylation is 1. The second kappa shape index (κ2) is 13.4. The molecule has 0 saturated heterocycles. The van der Waals surface area contributed by atoms with E-state index in [9.17, 15) is 19.2 Å². The van der Waals surface area contributed by atoms with Gasteiger partial charge in [-0.05, 0) is 80.1 Å². The SMILES string of the molecule is CCOC(=O)c1c(NC(=O)C(=O)NN=Cc2ccc(OC(=O)c3cccc(Br)c3)c(OC)c2)sc2c1CCCC2. The Balaban J connectivity index is 1.39. The smallest absolute Gasteiger partial charge is 0.343 e. The number of nitrogens with one attached hydrogen (secondary N) is 2. The molecule has 10 nitrogen and oxygen atoms in total. The summed E-state index contributed by atoms with van der Waals surface area (Å²) in [4.78, 5) is 51.0. The van der Waals surface area contributed by atoms with Gasteiger partial charge in [-0.3, -0.25) is 9.59 Å². The zero-order valence-electron chi connectivity index (χ0n) is 21.7. The molecule has 12 heteroatoms. The highest BCUT2D eigenvalue weighted by atomic mass is 79.9. The van der Waals surface area contributed by atoms with Crippen molar-refractivity contribution >= 4 is 62.2 Å². The Morgan fingerprint density at radius 3 is 2.58 bits per heavy atom. The normalized spacial score (nSPS) is 12.4. The second-order valence-corrected chi connectivity index (χ2v) is 10.6. The van der Waals surface area contributed by atoms with E-state index in [2.05, 4.69) is 31.8 Å². The van der Waals surface area contributed by atoms with Crippen LogP contribution >= 0.6 is 27.3 Å². The standard InChI is InChI=1S/C28H26BrN3O7S/c1-3-38-28(36)23-19-9-4-5-10-22(19)40-26(23)31-24(33)25(34)32-30-15-16-11-12-20(21(13-16)37-2)39-27(35)17-7-6-8-18(29)14-17/h6-8,11-15H,3-5,9-10H2,1-2H3,(H,31,33)(H,32,34). The van der Waals surface area contributed by atoms with E-state index in [0.717, 1.165) is 40.6 Å². The van der Waals surface area contributed by atoms with E-state index in [-0.39, 0.29) is 18.1 Å². The number of hydrogen-bond donors (Lipinski definition) is 2. The first-order chi connectivity index (χ1) is 19.3. The van der Waals surface area contributed by atoms with Crippen molar-refractivity contribution in [2.75, 3.05) is 19.0 Å². The molecule has 3 aromatic rings. The Morgan fingerprint density at radius 2 is 1.82 bits per heavy atom. The molecule has 0 atom stereocenters. The van der Waals surface area contributed by atoms with Crippen LogP contribution in [0.5, 0.6) is 11.5 Å². The van der Waals surface area contributed by atoms with Gasteiger partial charge >= 0.3 is 23.8 Å². The van der Waals surface area contributed by atoms with Gasteiger partial charge in [0, 0.05) is 9.35 Å². The summed E-state index contributed by atoms with van der Waals surface area (Å²) in [6, 6.07) is 11.5. The first-order valence-electron chi connectivity index (χ1n) is 12.4. The molecule has 40 heavy (non-hydrogen) atoms. The third-order valence-corrected chi connectivity index (χ3v) is 7.62. The Labute approximate surface area is 242 Å². The minimum absolute atomic E-state index is 0.198. The fourth-order valence-corrected chi connectivity index (χ4v) is 5.74. The predicted octanol–water partition coefficient (Wildman–Crippen LogP) is 4.88. The number of benzene rings is 2. The molecule has 4 rings (SSSR count). The Hall–Kier alpha value is -4.03. The molecule has 1 aliphatic rings. The molecule has 1 aromatic heterocycles. The molecule has 2 N–H and O–H groups in total. The number of hydrogen-bond acceptors (Lipinski definition) is 9. The first-order valence-corrected chi connectivity index (χ1v) is 14.0. The largest absolute Gasteiger partial charge is 0.493 e. The summed E-state index contributed by atoms with van der Waals surface area (Å²) in [7, 11) is 1.42. The second-order valence-electron chi connectivity index (χ2n) is 8.60. The number of ether oxygens (including phenoxy) is 3. The topological polar surface area (TPSA) is 132 Å². The van der Waals surface area contributed by atoms with Crippen molar-refractivity contribution in [3.8, 4) is 11.5 Å². The van der Waals surface area contributed by atoms with E-state index >= 15 is 0 Å². The van der Waals surface area contributed by atoms with Gasteiger partial charge in [-0.2, -0.15) is 5.10 Å². The van der Waals surface area contributed by atoms with Crippen molar-refractivity contribution in [2.24, 2.45) is 5.10 Å². The van der Waals surface area contributed by atoms with Crippen molar-refractivity contribution in [1.82, 2.24) is 5.43 Å². The van der Waals surface area contributed by atoms with Gasteiger partial charge in [-0.1, -0.05) is 22.0 Å². The monoisotopic (exact) mass is 627 g/mol. The summed E-state index contributed by atoms with van der Waals surface area (Å²) in [5, 5.41) is 6.67. The number of fused-ring (bicyclic) bond motifs is 1. The van der Waals surface area contributed by atoms with E-state index in [1.807, 2.05) is 0 Å². The molecule has 1 heterocycles. The third kappa shape index (κ3) is 6.93. The lowest BCUT2D eigenvalue weighted by Gasteiger charge is -2.12. The molecular formula is C28H26BrN3O7S. The number of carbonyl (C=O) groups excluding carboxylic acids is 4. The van der Waals surface area contributed by atoms with Crippen molar-refractivity contribution in [3.05, 3.63) is 74.1 Å². The highest BCUT2D eigenvalue weighted by Crippen LogP contribution is 2.38. The lowest BCUT2D eigenvalue weighted by atomic mass is 9.95. The molecule has 0 bridgehead atoms. The van der Waals surface area contributed by atoms with E-state index in [1.165, 1.54) is 30.7 Å². The Kier molecular flexibility index (Phi) is 9.67. The first kappa shape index (κ1) is 29.0. The number of hydrazone groups is 1. The summed E-state index contributed by atoms with van der Waals surface area (Å²) in [6.45, 7) is 1.91.